The third-order valence-electron chi connectivity index (χ3n) is 6.36. The maximum atomic E-state index is 12.5. The number of benzene rings is 1. The molecule has 4 N–H and O–H groups in total. The number of amides is 2. The van der Waals surface area contributed by atoms with Crippen molar-refractivity contribution in [3.05, 3.63) is 38.7 Å². The van der Waals surface area contributed by atoms with Gasteiger partial charge in [0.25, 0.3) is 0 Å². The van der Waals surface area contributed by atoms with Crippen LogP contribution in [-0.2, 0) is 20.8 Å². The van der Waals surface area contributed by atoms with Gasteiger partial charge in [0, 0.05) is 36.9 Å². The van der Waals surface area contributed by atoms with Crippen molar-refractivity contribution in [3.8, 4) is 5.75 Å². The van der Waals surface area contributed by atoms with Crippen molar-refractivity contribution in [1.29, 1.82) is 0 Å². The number of hydrogen-bond acceptors (Lipinski definition) is 6. The lowest BCUT2D eigenvalue weighted by Crippen LogP contribution is -2.37. The highest BCUT2D eigenvalue weighted by molar-refractivity contribution is 6.32. The number of carboxylic acids is 1. The number of hydrogen-bond donors (Lipinski definition) is 4. The van der Waals surface area contributed by atoms with Crippen molar-refractivity contribution in [2.45, 2.75) is 51.9 Å². The van der Waals surface area contributed by atoms with Gasteiger partial charge >= 0.3 is 11.6 Å². The van der Waals surface area contributed by atoms with Crippen LogP contribution < -0.4 is 16.3 Å². The molecule has 1 aliphatic rings. The summed E-state index contributed by atoms with van der Waals surface area (Å²) >= 11 is 5.97. The number of carbonyl (C=O) groups excluding carboxylic acids is 2. The third-order valence-corrected chi connectivity index (χ3v) is 6.67. The molecule has 0 saturated heterocycles. The summed E-state index contributed by atoms with van der Waals surface area (Å²) in [7, 11) is 0. The Labute approximate surface area is 201 Å². The van der Waals surface area contributed by atoms with E-state index in [2.05, 4.69) is 10.6 Å². The van der Waals surface area contributed by atoms with Gasteiger partial charge in [-0.05, 0) is 56.6 Å². The highest BCUT2D eigenvalue weighted by atomic mass is 35.5. The Morgan fingerprint density at radius 2 is 1.85 bits per heavy atom. The molecule has 1 aliphatic carbocycles. The monoisotopic (exact) mass is 492 g/mol. The second-order valence-electron chi connectivity index (χ2n) is 8.78. The van der Waals surface area contributed by atoms with Crippen LogP contribution in [0.2, 0.25) is 5.02 Å². The van der Waals surface area contributed by atoms with Gasteiger partial charge in [-0.15, -0.1) is 0 Å². The number of nitrogens with one attached hydrogen (secondary N) is 2. The molecule has 184 valence electrons. The van der Waals surface area contributed by atoms with Gasteiger partial charge in [0.15, 0.2) is 0 Å². The summed E-state index contributed by atoms with van der Waals surface area (Å²) < 4.78 is 5.26. The molecule has 0 atom stereocenters. The maximum Gasteiger partial charge on any atom is 0.340 e. The minimum atomic E-state index is -0.877. The fourth-order valence-electron chi connectivity index (χ4n) is 4.31. The lowest BCUT2D eigenvalue weighted by atomic mass is 9.81. The zero-order valence-electron chi connectivity index (χ0n) is 19.0. The SMILES string of the molecule is Cc1c(CC(=O)NCC2CCC(C(=O)NCCCC(=O)O)CC2)c(=O)oc2cc(O)c(Cl)cc12. The van der Waals surface area contributed by atoms with Crippen molar-refractivity contribution >= 4 is 40.4 Å². The molecule has 1 saturated carbocycles. The van der Waals surface area contributed by atoms with Crippen LogP contribution in [0.25, 0.3) is 11.0 Å². The lowest BCUT2D eigenvalue weighted by molar-refractivity contribution is -0.137. The number of aromatic hydroxyl groups is 1. The van der Waals surface area contributed by atoms with Crippen LogP contribution in [-0.4, -0.2) is 41.1 Å². The van der Waals surface area contributed by atoms with E-state index < -0.39 is 11.6 Å². The molecule has 2 aromatic rings. The normalized spacial score (nSPS) is 17.9. The Morgan fingerprint density at radius 3 is 2.53 bits per heavy atom. The minimum absolute atomic E-state index is 0.0325. The highest BCUT2D eigenvalue weighted by Crippen LogP contribution is 2.31. The molecular formula is C24H29ClN2O7. The van der Waals surface area contributed by atoms with Crippen LogP contribution in [0.4, 0.5) is 0 Å². The van der Waals surface area contributed by atoms with Crippen LogP contribution in [0.5, 0.6) is 5.75 Å². The van der Waals surface area contributed by atoms with Crippen LogP contribution in [0, 0.1) is 18.8 Å². The summed E-state index contributed by atoms with van der Waals surface area (Å²) in [4.78, 5) is 47.7. The zero-order valence-corrected chi connectivity index (χ0v) is 19.7. The first kappa shape index (κ1) is 25.6. The van der Waals surface area contributed by atoms with Gasteiger partial charge in [-0.1, -0.05) is 11.6 Å². The smallest absolute Gasteiger partial charge is 0.340 e. The fourth-order valence-corrected chi connectivity index (χ4v) is 4.47. The quantitative estimate of drug-likeness (QED) is 0.311. The van der Waals surface area contributed by atoms with E-state index in [4.69, 9.17) is 21.1 Å². The number of rotatable bonds is 9. The number of phenols is 1. The van der Waals surface area contributed by atoms with E-state index in [0.717, 1.165) is 12.8 Å². The molecule has 3 rings (SSSR count). The van der Waals surface area contributed by atoms with Gasteiger partial charge in [-0.2, -0.15) is 0 Å². The highest BCUT2D eigenvalue weighted by Gasteiger charge is 2.26. The van der Waals surface area contributed by atoms with Gasteiger partial charge in [0.2, 0.25) is 11.8 Å². The molecule has 1 aromatic heterocycles. The van der Waals surface area contributed by atoms with Crippen LogP contribution in [0.3, 0.4) is 0 Å². The Morgan fingerprint density at radius 1 is 1.15 bits per heavy atom. The third kappa shape index (κ3) is 6.50. The molecular weight excluding hydrogens is 464 g/mol. The lowest BCUT2D eigenvalue weighted by Gasteiger charge is -2.28. The molecule has 0 bridgehead atoms. The number of aliphatic carboxylic acids is 1. The van der Waals surface area contributed by atoms with E-state index in [1.165, 1.54) is 12.1 Å². The summed E-state index contributed by atoms with van der Waals surface area (Å²) in [5.41, 5.74) is 0.404. The fraction of sp³-hybridized carbons (Fsp3) is 0.500. The second-order valence-corrected chi connectivity index (χ2v) is 9.19. The van der Waals surface area contributed by atoms with E-state index in [-0.39, 0.29) is 58.4 Å². The molecule has 1 aromatic carbocycles. The molecule has 10 heteroatoms. The largest absolute Gasteiger partial charge is 0.506 e. The molecule has 0 unspecified atom stereocenters. The first-order valence-corrected chi connectivity index (χ1v) is 11.7. The average molecular weight is 493 g/mol. The predicted octanol–water partition coefficient (Wildman–Crippen LogP) is 2.91. The molecule has 0 spiro atoms. The Kier molecular flexibility index (Phi) is 8.55. The average Bonchev–Trinajstić information content (AvgIpc) is 2.80. The van der Waals surface area contributed by atoms with Gasteiger partial charge in [0.1, 0.15) is 11.3 Å². The van der Waals surface area contributed by atoms with Crippen molar-refractivity contribution in [1.82, 2.24) is 10.6 Å². The van der Waals surface area contributed by atoms with E-state index in [0.29, 0.717) is 43.3 Å². The van der Waals surface area contributed by atoms with Gasteiger partial charge in [0.05, 0.1) is 17.0 Å². The number of aryl methyl sites for hydroxylation is 1. The maximum absolute atomic E-state index is 12.5. The van der Waals surface area contributed by atoms with Crippen LogP contribution in [0.1, 0.15) is 49.7 Å². The zero-order chi connectivity index (χ0) is 24.8. The Balaban J connectivity index is 1.48. The van der Waals surface area contributed by atoms with E-state index in [1.807, 2.05) is 0 Å². The number of carboxylic acid groups (broad SMARTS) is 1. The Bertz CT molecular complexity index is 1140. The topological polar surface area (TPSA) is 146 Å². The second kappa shape index (κ2) is 11.4. The van der Waals surface area contributed by atoms with Crippen LogP contribution in [0.15, 0.2) is 21.3 Å². The molecule has 34 heavy (non-hydrogen) atoms. The molecule has 9 nitrogen and oxygen atoms in total. The van der Waals surface area contributed by atoms with E-state index in [1.54, 1.807) is 6.92 Å². The summed E-state index contributed by atoms with van der Waals surface area (Å²) in [6.45, 7) is 2.53. The summed E-state index contributed by atoms with van der Waals surface area (Å²) in [5, 5.41) is 24.7. The van der Waals surface area contributed by atoms with Crippen molar-refractivity contribution in [2.24, 2.45) is 11.8 Å². The minimum Gasteiger partial charge on any atom is -0.506 e. The first-order chi connectivity index (χ1) is 16.2. The number of halogens is 1. The molecule has 1 fully saturated rings. The molecule has 1 heterocycles. The number of phenolic OH excluding ortho intramolecular Hbond substituents is 1. The van der Waals surface area contributed by atoms with Crippen LogP contribution >= 0.6 is 11.6 Å². The van der Waals surface area contributed by atoms with Gasteiger partial charge in [-0.25, -0.2) is 4.79 Å². The van der Waals surface area contributed by atoms with Gasteiger partial charge in [-0.3, -0.25) is 14.4 Å². The first-order valence-electron chi connectivity index (χ1n) is 11.4. The summed E-state index contributed by atoms with van der Waals surface area (Å²) in [6.07, 6.45) is 3.34. The standard InChI is InChI=1S/C24H29ClN2O7/c1-13-16-9-18(25)19(28)11-20(16)34-24(33)17(13)10-21(29)27-12-14-4-6-15(7-5-14)23(32)26-8-2-3-22(30)31/h9,11,14-15,28H,2-8,10,12H2,1H3,(H,26,32)(H,27,29)(H,30,31). The van der Waals surface area contributed by atoms with Crippen molar-refractivity contribution in [3.63, 3.8) is 0 Å². The van der Waals surface area contributed by atoms with Gasteiger partial charge < -0.3 is 25.3 Å². The van der Waals surface area contributed by atoms with Crippen molar-refractivity contribution in [2.75, 3.05) is 13.1 Å². The van der Waals surface area contributed by atoms with E-state index in [9.17, 15) is 24.3 Å². The number of carbonyl (C=O) groups is 3. The molecule has 0 aliphatic heterocycles. The molecule has 2 amide bonds. The summed E-state index contributed by atoms with van der Waals surface area (Å²) in [5.74, 6) is -1.24. The molecule has 0 radical (unpaired) electrons. The van der Waals surface area contributed by atoms with E-state index >= 15 is 0 Å². The number of fused-ring (bicyclic) bond motifs is 1. The Hall–Kier alpha value is -3.07. The summed E-state index contributed by atoms with van der Waals surface area (Å²) in [6, 6.07) is 2.79. The van der Waals surface area contributed by atoms with Crippen molar-refractivity contribution < 1.29 is 29.0 Å². The predicted molar refractivity (Wildman–Crippen MR) is 126 cm³/mol.